The second-order valence-corrected chi connectivity index (χ2v) is 7.31. The van der Waals surface area contributed by atoms with Crippen LogP contribution in [0.1, 0.15) is 50.6 Å². The maximum absolute atomic E-state index is 12.2. The zero-order valence-electron chi connectivity index (χ0n) is 12.6. The molecule has 0 saturated heterocycles. The maximum atomic E-state index is 12.2. The third-order valence-electron chi connectivity index (χ3n) is 3.31. The summed E-state index contributed by atoms with van der Waals surface area (Å²) >= 11 is 0. The minimum absolute atomic E-state index is 0.0902. The quantitative estimate of drug-likeness (QED) is 0.700. The van der Waals surface area contributed by atoms with Crippen molar-refractivity contribution < 1.29 is 23.4 Å². The second kappa shape index (κ2) is 6.17. The van der Waals surface area contributed by atoms with Gasteiger partial charge >= 0.3 is 5.97 Å². The van der Waals surface area contributed by atoms with Gasteiger partial charge in [0.05, 0.1) is 5.60 Å². The number of carboxylic acids is 1. The molecule has 1 aromatic heterocycles. The van der Waals surface area contributed by atoms with Crippen LogP contribution in [0.3, 0.4) is 0 Å². The molecule has 8 heteroatoms. The third kappa shape index (κ3) is 4.29. The van der Waals surface area contributed by atoms with Crippen LogP contribution < -0.4 is 4.72 Å². The Morgan fingerprint density at radius 3 is 2.43 bits per heavy atom. The zero-order valence-corrected chi connectivity index (χ0v) is 13.4. The van der Waals surface area contributed by atoms with Crippen molar-refractivity contribution in [1.29, 1.82) is 0 Å². The van der Waals surface area contributed by atoms with Crippen molar-refractivity contribution in [2.24, 2.45) is 0 Å². The molecular weight excluding hydrogens is 296 g/mol. The monoisotopic (exact) mass is 318 g/mol. The van der Waals surface area contributed by atoms with Crippen LogP contribution in [0.5, 0.6) is 0 Å². The van der Waals surface area contributed by atoms with Gasteiger partial charge in [0.15, 0.2) is 0 Å². The number of nitrogens with zero attached hydrogens (tertiary/aromatic N) is 1. The number of nitrogens with one attached hydrogen (secondary N) is 1. The molecule has 0 aromatic carbocycles. The van der Waals surface area contributed by atoms with Gasteiger partial charge < -0.3 is 14.8 Å². The Kier molecular flexibility index (Phi) is 5.19. The molecule has 1 heterocycles. The van der Waals surface area contributed by atoms with Crippen LogP contribution in [0.15, 0.2) is 17.2 Å². The highest BCUT2D eigenvalue weighted by atomic mass is 32.2. The largest absolute Gasteiger partial charge is 0.477 e. The van der Waals surface area contributed by atoms with E-state index in [9.17, 15) is 18.3 Å². The number of carboxylic acid groups (broad SMARTS) is 1. The average Bonchev–Trinajstić information content (AvgIpc) is 2.83. The molecule has 0 fully saturated rings. The Balaban J connectivity index is 3.10. The predicted molar refractivity (Wildman–Crippen MR) is 77.9 cm³/mol. The number of hydrogen-bond acceptors (Lipinski definition) is 4. The molecule has 0 amide bonds. The zero-order chi connectivity index (χ0) is 16.4. The van der Waals surface area contributed by atoms with Gasteiger partial charge in [-0.3, -0.25) is 0 Å². The van der Waals surface area contributed by atoms with E-state index in [2.05, 4.69) is 4.72 Å². The number of rotatable bonds is 7. The summed E-state index contributed by atoms with van der Waals surface area (Å²) in [6, 6.07) is 0.935. The third-order valence-corrected chi connectivity index (χ3v) is 4.68. The van der Waals surface area contributed by atoms with E-state index in [4.69, 9.17) is 5.11 Å². The molecule has 1 aromatic rings. The van der Waals surface area contributed by atoms with E-state index >= 15 is 0 Å². The summed E-state index contributed by atoms with van der Waals surface area (Å²) in [6.45, 7) is 6.65. The molecule has 120 valence electrons. The van der Waals surface area contributed by atoms with Gasteiger partial charge in [0.25, 0.3) is 0 Å². The minimum Gasteiger partial charge on any atom is -0.477 e. The maximum Gasteiger partial charge on any atom is 0.352 e. The van der Waals surface area contributed by atoms with E-state index in [0.29, 0.717) is 6.42 Å². The van der Waals surface area contributed by atoms with E-state index in [1.54, 1.807) is 20.8 Å². The van der Waals surface area contributed by atoms with Crippen molar-refractivity contribution in [1.82, 2.24) is 9.29 Å². The fourth-order valence-corrected chi connectivity index (χ4v) is 2.85. The summed E-state index contributed by atoms with van der Waals surface area (Å²) in [6.07, 6.45) is 1.68. The topological polar surface area (TPSA) is 109 Å². The first-order chi connectivity index (χ1) is 9.50. The lowest BCUT2D eigenvalue weighted by Crippen LogP contribution is -2.39. The number of carbonyl (C=O) groups is 1. The highest BCUT2D eigenvalue weighted by molar-refractivity contribution is 7.89. The molecule has 0 bridgehead atoms. The Bertz CT molecular complexity index is 617. The van der Waals surface area contributed by atoms with Gasteiger partial charge in [-0.2, -0.15) is 0 Å². The van der Waals surface area contributed by atoms with Crippen molar-refractivity contribution in [2.75, 3.05) is 6.54 Å². The van der Waals surface area contributed by atoms with Gasteiger partial charge in [0.2, 0.25) is 10.0 Å². The van der Waals surface area contributed by atoms with Gasteiger partial charge in [-0.05, 0) is 33.3 Å². The van der Waals surface area contributed by atoms with Crippen LogP contribution in [-0.4, -0.2) is 41.3 Å². The Morgan fingerprint density at radius 2 is 2.05 bits per heavy atom. The van der Waals surface area contributed by atoms with Gasteiger partial charge in [-0.25, -0.2) is 17.9 Å². The molecule has 1 rings (SSSR count). The molecule has 0 aliphatic heterocycles. The van der Waals surface area contributed by atoms with E-state index in [1.165, 1.54) is 17.7 Å². The minimum atomic E-state index is -3.87. The van der Waals surface area contributed by atoms with Gasteiger partial charge in [-0.15, -0.1) is 0 Å². The molecule has 1 atom stereocenters. The van der Waals surface area contributed by atoms with Crippen LogP contribution in [0.2, 0.25) is 0 Å². The van der Waals surface area contributed by atoms with Crippen molar-refractivity contribution in [3.8, 4) is 0 Å². The molecule has 7 nitrogen and oxygen atoms in total. The summed E-state index contributed by atoms with van der Waals surface area (Å²) in [5.74, 6) is -1.19. The van der Waals surface area contributed by atoms with E-state index < -0.39 is 21.6 Å². The fraction of sp³-hybridized carbons (Fsp3) is 0.615. The van der Waals surface area contributed by atoms with Crippen molar-refractivity contribution in [2.45, 2.75) is 50.7 Å². The first kappa shape index (κ1) is 17.7. The molecule has 0 spiro atoms. The second-order valence-electron chi connectivity index (χ2n) is 5.54. The lowest BCUT2D eigenvalue weighted by atomic mass is 10.1. The molecule has 0 aliphatic carbocycles. The number of aromatic nitrogens is 1. The van der Waals surface area contributed by atoms with Crippen LogP contribution in [0, 0.1) is 0 Å². The summed E-state index contributed by atoms with van der Waals surface area (Å²) in [5, 5.41) is 19.0. The Labute approximate surface area is 124 Å². The number of sulfonamides is 1. The van der Waals surface area contributed by atoms with Gasteiger partial charge in [-0.1, -0.05) is 6.92 Å². The Morgan fingerprint density at radius 1 is 1.48 bits per heavy atom. The fourth-order valence-electron chi connectivity index (χ4n) is 1.66. The predicted octanol–water partition coefficient (Wildman–Crippen LogP) is 1.21. The van der Waals surface area contributed by atoms with Crippen LogP contribution in [0.25, 0.3) is 0 Å². The smallest absolute Gasteiger partial charge is 0.352 e. The lowest BCUT2D eigenvalue weighted by molar-refractivity contribution is 0.0613. The van der Waals surface area contributed by atoms with Gasteiger partial charge in [0.1, 0.15) is 10.6 Å². The molecule has 0 saturated carbocycles. The summed E-state index contributed by atoms with van der Waals surface area (Å²) < 4.78 is 28.0. The highest BCUT2D eigenvalue weighted by Crippen LogP contribution is 2.19. The molecule has 3 N–H and O–H groups in total. The first-order valence-corrected chi connectivity index (χ1v) is 8.15. The number of aliphatic hydroxyl groups is 1. The standard InChI is InChI=1S/C13H22N2O5S/c1-5-13(4,18)8-14-21(19,20)10-6-11(12(16)17)15(7-10)9(2)3/h6-7,9,14,18H,5,8H2,1-4H3,(H,16,17). The van der Waals surface area contributed by atoms with Gasteiger partial charge in [0, 0.05) is 18.8 Å². The van der Waals surface area contributed by atoms with Crippen molar-refractivity contribution in [3.05, 3.63) is 18.0 Å². The SMILES string of the molecule is CCC(C)(O)CNS(=O)(=O)c1cc(C(=O)O)n(C(C)C)c1. The highest BCUT2D eigenvalue weighted by Gasteiger charge is 2.25. The van der Waals surface area contributed by atoms with E-state index in [0.717, 1.165) is 6.07 Å². The van der Waals surface area contributed by atoms with E-state index in [1.807, 2.05) is 0 Å². The van der Waals surface area contributed by atoms with Crippen LogP contribution in [0.4, 0.5) is 0 Å². The molecule has 1 unspecified atom stereocenters. The summed E-state index contributed by atoms with van der Waals surface area (Å²) in [5.41, 5.74) is -1.24. The van der Waals surface area contributed by atoms with Crippen LogP contribution >= 0.6 is 0 Å². The number of hydrogen-bond donors (Lipinski definition) is 3. The average molecular weight is 318 g/mol. The normalized spacial score (nSPS) is 15.1. The van der Waals surface area contributed by atoms with E-state index in [-0.39, 0.29) is 23.2 Å². The van der Waals surface area contributed by atoms with Crippen molar-refractivity contribution in [3.63, 3.8) is 0 Å². The van der Waals surface area contributed by atoms with Crippen LogP contribution in [-0.2, 0) is 10.0 Å². The molecule has 0 radical (unpaired) electrons. The number of aromatic carboxylic acids is 1. The molecule has 0 aliphatic rings. The van der Waals surface area contributed by atoms with Crippen molar-refractivity contribution >= 4 is 16.0 Å². The first-order valence-electron chi connectivity index (χ1n) is 6.67. The Hall–Kier alpha value is -1.38. The molecular formula is C13H22N2O5S. The summed E-state index contributed by atoms with van der Waals surface area (Å²) in [4.78, 5) is 11.0. The molecule has 21 heavy (non-hydrogen) atoms. The summed E-state index contributed by atoms with van der Waals surface area (Å²) in [7, 11) is -3.87. The lowest BCUT2D eigenvalue weighted by Gasteiger charge is -2.21.